The number of benzene rings is 1. The van der Waals surface area contributed by atoms with Gasteiger partial charge < -0.3 is 4.42 Å². The minimum atomic E-state index is -0.232. The second kappa shape index (κ2) is 5.31. The first-order valence-electron chi connectivity index (χ1n) is 5.62. The van der Waals surface area contributed by atoms with Crippen LogP contribution < -0.4 is 5.43 Å². The number of nitrogens with zero attached hydrogens (tertiary/aromatic N) is 1. The quantitative estimate of drug-likeness (QED) is 0.664. The summed E-state index contributed by atoms with van der Waals surface area (Å²) in [4.78, 5) is 11.8. The Hall–Kier alpha value is -2.36. The molecule has 0 spiro atoms. The summed E-state index contributed by atoms with van der Waals surface area (Å²) in [5.41, 5.74) is 4.75. The normalized spacial score (nSPS) is 11.3. The molecule has 0 aliphatic carbocycles. The van der Waals surface area contributed by atoms with Crippen molar-refractivity contribution in [2.75, 3.05) is 0 Å². The molecular formula is C14H14N2O2. The first-order valence-corrected chi connectivity index (χ1v) is 5.62. The van der Waals surface area contributed by atoms with Gasteiger partial charge in [-0.25, -0.2) is 5.43 Å². The van der Waals surface area contributed by atoms with E-state index in [4.69, 9.17) is 4.42 Å². The van der Waals surface area contributed by atoms with Gasteiger partial charge in [0.1, 0.15) is 11.5 Å². The molecule has 1 heterocycles. The molecule has 2 aromatic rings. The average molecular weight is 242 g/mol. The molecule has 0 aliphatic heterocycles. The van der Waals surface area contributed by atoms with E-state index in [1.165, 1.54) is 0 Å². The zero-order valence-electron chi connectivity index (χ0n) is 10.3. The summed E-state index contributed by atoms with van der Waals surface area (Å²) in [5.74, 6) is 0.407. The molecule has 0 atom stereocenters. The summed E-state index contributed by atoms with van der Waals surface area (Å²) < 4.78 is 5.17. The zero-order chi connectivity index (χ0) is 13.0. The molecular weight excluding hydrogens is 228 g/mol. The van der Waals surface area contributed by atoms with Crippen molar-refractivity contribution in [2.45, 2.75) is 13.8 Å². The van der Waals surface area contributed by atoms with Crippen molar-refractivity contribution in [3.63, 3.8) is 0 Å². The first-order chi connectivity index (χ1) is 8.66. The lowest BCUT2D eigenvalue weighted by atomic mass is 10.1. The number of nitrogens with one attached hydrogen (secondary N) is 1. The number of rotatable bonds is 3. The van der Waals surface area contributed by atoms with Crippen molar-refractivity contribution in [3.05, 3.63) is 59.5 Å². The molecule has 1 aromatic carbocycles. The third-order valence-corrected chi connectivity index (χ3v) is 2.48. The molecule has 1 aromatic heterocycles. The molecule has 92 valence electrons. The fraction of sp³-hybridized carbons (Fsp3) is 0.143. The van der Waals surface area contributed by atoms with E-state index < -0.39 is 0 Å². The summed E-state index contributed by atoms with van der Waals surface area (Å²) in [7, 11) is 0. The summed E-state index contributed by atoms with van der Waals surface area (Å²) in [5, 5.41) is 4.00. The number of carbonyl (C=O) groups excluding carboxylic acids is 1. The van der Waals surface area contributed by atoms with Gasteiger partial charge in [0.15, 0.2) is 0 Å². The number of aryl methyl sites for hydroxylation is 1. The van der Waals surface area contributed by atoms with E-state index in [2.05, 4.69) is 10.5 Å². The first kappa shape index (κ1) is 12.1. The predicted octanol–water partition coefficient (Wildman–Crippen LogP) is 2.74. The molecule has 0 fully saturated rings. The Labute approximate surface area is 105 Å². The number of amides is 1. The average Bonchev–Trinajstić information content (AvgIpc) is 2.89. The van der Waals surface area contributed by atoms with E-state index in [1.807, 2.05) is 25.1 Å². The van der Waals surface area contributed by atoms with E-state index in [-0.39, 0.29) is 5.91 Å². The van der Waals surface area contributed by atoms with Gasteiger partial charge in [-0.1, -0.05) is 17.7 Å². The van der Waals surface area contributed by atoms with Crippen molar-refractivity contribution < 1.29 is 9.21 Å². The van der Waals surface area contributed by atoms with Crippen molar-refractivity contribution >= 4 is 11.6 Å². The summed E-state index contributed by atoms with van der Waals surface area (Å²) >= 11 is 0. The van der Waals surface area contributed by atoms with E-state index in [9.17, 15) is 4.79 Å². The SMILES string of the molecule is C/C(=N/NC(=O)c1cccc(C)c1)c1ccco1. The molecule has 1 N–H and O–H groups in total. The van der Waals surface area contributed by atoms with Crippen LogP contribution in [0.2, 0.25) is 0 Å². The topological polar surface area (TPSA) is 54.6 Å². The van der Waals surface area contributed by atoms with Gasteiger partial charge in [-0.05, 0) is 38.1 Å². The maximum Gasteiger partial charge on any atom is 0.271 e. The van der Waals surface area contributed by atoms with Crippen LogP contribution in [0.3, 0.4) is 0 Å². The highest BCUT2D eigenvalue weighted by atomic mass is 16.3. The lowest BCUT2D eigenvalue weighted by Crippen LogP contribution is -2.19. The molecule has 4 nitrogen and oxygen atoms in total. The van der Waals surface area contributed by atoms with E-state index in [0.29, 0.717) is 17.0 Å². The lowest BCUT2D eigenvalue weighted by molar-refractivity contribution is 0.0954. The molecule has 0 saturated carbocycles. The molecule has 0 aliphatic rings. The highest BCUT2D eigenvalue weighted by molar-refractivity contribution is 5.99. The Morgan fingerprint density at radius 2 is 2.11 bits per heavy atom. The van der Waals surface area contributed by atoms with Gasteiger partial charge in [0.05, 0.1) is 6.26 Å². The standard InChI is InChI=1S/C14H14N2O2/c1-10-5-3-6-12(9-10)14(17)16-15-11(2)13-7-4-8-18-13/h3-9H,1-2H3,(H,16,17)/b15-11-. The second-order valence-electron chi connectivity index (χ2n) is 3.98. The number of furan rings is 1. The van der Waals surface area contributed by atoms with E-state index in [0.717, 1.165) is 5.56 Å². The Morgan fingerprint density at radius 1 is 1.28 bits per heavy atom. The van der Waals surface area contributed by atoms with Gasteiger partial charge in [0, 0.05) is 5.56 Å². The van der Waals surface area contributed by atoms with Crippen LogP contribution in [0, 0.1) is 6.92 Å². The fourth-order valence-corrected chi connectivity index (χ4v) is 1.53. The van der Waals surface area contributed by atoms with Crippen LogP contribution in [-0.4, -0.2) is 11.6 Å². The summed E-state index contributed by atoms with van der Waals surface area (Å²) in [6.45, 7) is 3.71. The number of carbonyl (C=O) groups is 1. The largest absolute Gasteiger partial charge is 0.463 e. The van der Waals surface area contributed by atoms with Crippen molar-refractivity contribution in [1.82, 2.24) is 5.43 Å². The lowest BCUT2D eigenvalue weighted by Gasteiger charge is -2.02. The van der Waals surface area contributed by atoms with Crippen molar-refractivity contribution in [3.8, 4) is 0 Å². The van der Waals surface area contributed by atoms with Gasteiger partial charge in [-0.2, -0.15) is 5.10 Å². The monoisotopic (exact) mass is 242 g/mol. The minimum Gasteiger partial charge on any atom is -0.463 e. The van der Waals surface area contributed by atoms with Crippen LogP contribution in [0.4, 0.5) is 0 Å². The van der Waals surface area contributed by atoms with Crippen LogP contribution in [0.15, 0.2) is 52.2 Å². The van der Waals surface area contributed by atoms with Crippen LogP contribution >= 0.6 is 0 Å². The minimum absolute atomic E-state index is 0.232. The zero-order valence-corrected chi connectivity index (χ0v) is 10.3. The smallest absolute Gasteiger partial charge is 0.271 e. The van der Waals surface area contributed by atoms with Crippen LogP contribution in [0.5, 0.6) is 0 Å². The fourth-order valence-electron chi connectivity index (χ4n) is 1.53. The van der Waals surface area contributed by atoms with E-state index in [1.54, 1.807) is 31.4 Å². The Kier molecular flexibility index (Phi) is 3.57. The third-order valence-electron chi connectivity index (χ3n) is 2.48. The summed E-state index contributed by atoms with van der Waals surface area (Å²) in [6.07, 6.45) is 1.57. The molecule has 1 amide bonds. The molecule has 0 bridgehead atoms. The van der Waals surface area contributed by atoms with Crippen molar-refractivity contribution in [1.29, 1.82) is 0 Å². The predicted molar refractivity (Wildman–Crippen MR) is 69.6 cm³/mol. The van der Waals surface area contributed by atoms with E-state index >= 15 is 0 Å². The van der Waals surface area contributed by atoms with Crippen LogP contribution in [-0.2, 0) is 0 Å². The van der Waals surface area contributed by atoms with Crippen LogP contribution in [0.1, 0.15) is 28.6 Å². The number of hydrazone groups is 1. The summed E-state index contributed by atoms with van der Waals surface area (Å²) in [6, 6.07) is 10.9. The molecule has 0 radical (unpaired) electrons. The Morgan fingerprint density at radius 3 is 2.78 bits per heavy atom. The third kappa shape index (κ3) is 2.85. The van der Waals surface area contributed by atoms with Gasteiger partial charge in [-0.3, -0.25) is 4.79 Å². The Bertz CT molecular complexity index is 571. The highest BCUT2D eigenvalue weighted by Gasteiger charge is 2.05. The maximum absolute atomic E-state index is 11.8. The molecule has 0 saturated heterocycles. The molecule has 18 heavy (non-hydrogen) atoms. The van der Waals surface area contributed by atoms with Gasteiger partial charge >= 0.3 is 0 Å². The highest BCUT2D eigenvalue weighted by Crippen LogP contribution is 2.04. The number of hydrogen-bond acceptors (Lipinski definition) is 3. The Balaban J connectivity index is 2.07. The van der Waals surface area contributed by atoms with Crippen LogP contribution in [0.25, 0.3) is 0 Å². The van der Waals surface area contributed by atoms with Gasteiger partial charge in [0.25, 0.3) is 5.91 Å². The van der Waals surface area contributed by atoms with Gasteiger partial charge in [0.2, 0.25) is 0 Å². The second-order valence-corrected chi connectivity index (χ2v) is 3.98. The number of hydrogen-bond donors (Lipinski definition) is 1. The molecule has 2 rings (SSSR count). The maximum atomic E-state index is 11.8. The molecule has 0 unspecified atom stereocenters. The molecule has 4 heteroatoms. The van der Waals surface area contributed by atoms with Crippen molar-refractivity contribution in [2.24, 2.45) is 5.10 Å². The van der Waals surface area contributed by atoms with Gasteiger partial charge in [-0.15, -0.1) is 0 Å².